The third-order valence-electron chi connectivity index (χ3n) is 3.39. The van der Waals surface area contributed by atoms with Crippen molar-refractivity contribution in [2.75, 3.05) is 0 Å². The molecular weight excluding hydrogens is 258 g/mol. The van der Waals surface area contributed by atoms with Crippen LogP contribution in [0.4, 0.5) is 0 Å². The zero-order valence-corrected chi connectivity index (χ0v) is 11.9. The first-order valence-electron chi connectivity index (χ1n) is 6.24. The van der Waals surface area contributed by atoms with Crippen LogP contribution in [0.5, 0.6) is 0 Å². The van der Waals surface area contributed by atoms with E-state index in [9.17, 15) is 4.79 Å². The molecule has 18 heavy (non-hydrogen) atoms. The summed E-state index contributed by atoms with van der Waals surface area (Å²) >= 11 is 6.13. The van der Waals surface area contributed by atoms with Crippen LogP contribution in [0.2, 0.25) is 5.02 Å². The number of aryl methyl sites for hydroxylation is 1. The molecule has 94 valence electrons. The molecule has 0 N–H and O–H groups in total. The summed E-state index contributed by atoms with van der Waals surface area (Å²) in [5.74, 6) is 0. The molecule has 1 aromatic carbocycles. The first kappa shape index (κ1) is 16.3. The van der Waals surface area contributed by atoms with Gasteiger partial charge in [0.15, 0.2) is 5.52 Å². The van der Waals surface area contributed by atoms with Gasteiger partial charge in [0.05, 0.1) is 5.02 Å². The van der Waals surface area contributed by atoms with Gasteiger partial charge in [-0.05, 0) is 45.6 Å². The molecule has 1 aromatic rings. The van der Waals surface area contributed by atoms with E-state index in [-0.39, 0.29) is 24.4 Å². The minimum atomic E-state index is 0. The topological polar surface area (TPSA) is 17.1 Å². The van der Waals surface area contributed by atoms with Crippen molar-refractivity contribution in [2.45, 2.75) is 44.7 Å². The van der Waals surface area contributed by atoms with E-state index in [0.29, 0.717) is 19.3 Å². The molecule has 1 saturated carbocycles. The van der Waals surface area contributed by atoms with Gasteiger partial charge in [0, 0.05) is 5.56 Å². The van der Waals surface area contributed by atoms with E-state index in [1.54, 1.807) is 0 Å². The van der Waals surface area contributed by atoms with Crippen molar-refractivity contribution in [1.29, 1.82) is 0 Å². The molecule has 1 fully saturated rings. The fraction of sp³-hybridized carbons (Fsp3) is 0.500. The summed E-state index contributed by atoms with van der Waals surface area (Å²) in [5, 5.41) is 0.610. The Morgan fingerprint density at radius 2 is 1.94 bits per heavy atom. The maximum atomic E-state index is 12.3. The fourth-order valence-corrected chi connectivity index (χ4v) is 4.35. The molecule has 0 spiro atoms. The van der Waals surface area contributed by atoms with Gasteiger partial charge in [-0.15, -0.1) is 0 Å². The fourth-order valence-electron chi connectivity index (χ4n) is 2.42. The maximum absolute atomic E-state index is 12.3. The molecule has 0 amide bonds. The van der Waals surface area contributed by atoms with Crippen molar-refractivity contribution in [3.8, 4) is 0 Å². The van der Waals surface area contributed by atoms with Crippen LogP contribution in [-0.4, -0.2) is 30.0 Å². The molecule has 0 aliphatic heterocycles. The SMILES string of the molecule is Cc1cccc(Cl)c1C(=O)PC1CCCCC1.[LiH]. The number of carbonyl (C=O) groups is 1. The zero-order valence-electron chi connectivity index (χ0n) is 10.1. The molecule has 1 aliphatic rings. The summed E-state index contributed by atoms with van der Waals surface area (Å²) in [6.07, 6.45) is 6.33. The molecular formula is C14H19ClLiOP. The summed E-state index contributed by atoms with van der Waals surface area (Å²) in [6.45, 7) is 1.96. The number of hydrogen-bond donors (Lipinski definition) is 0. The summed E-state index contributed by atoms with van der Waals surface area (Å²) in [6, 6.07) is 5.68. The second-order valence-electron chi connectivity index (χ2n) is 4.74. The molecule has 2 rings (SSSR count). The molecule has 1 aliphatic carbocycles. The van der Waals surface area contributed by atoms with E-state index < -0.39 is 0 Å². The summed E-state index contributed by atoms with van der Waals surface area (Å²) < 4.78 is 0. The van der Waals surface area contributed by atoms with E-state index in [0.717, 1.165) is 11.1 Å². The van der Waals surface area contributed by atoms with Gasteiger partial charge in [-0.3, -0.25) is 4.79 Å². The Hall–Kier alpha value is 0.207. The third-order valence-corrected chi connectivity index (χ3v) is 5.20. The number of rotatable bonds is 3. The van der Waals surface area contributed by atoms with Gasteiger partial charge in [-0.2, -0.15) is 0 Å². The third kappa shape index (κ3) is 4.11. The van der Waals surface area contributed by atoms with E-state index in [2.05, 4.69) is 0 Å². The van der Waals surface area contributed by atoms with Gasteiger partial charge in [-0.25, -0.2) is 0 Å². The van der Waals surface area contributed by atoms with Crippen LogP contribution < -0.4 is 0 Å². The van der Waals surface area contributed by atoms with Crippen molar-refractivity contribution < 1.29 is 4.79 Å². The van der Waals surface area contributed by atoms with Crippen LogP contribution >= 0.6 is 20.2 Å². The first-order chi connectivity index (χ1) is 8.18. The molecule has 0 heterocycles. The van der Waals surface area contributed by atoms with Gasteiger partial charge < -0.3 is 0 Å². The molecule has 1 nitrogen and oxygen atoms in total. The van der Waals surface area contributed by atoms with Crippen LogP contribution in [-0.2, 0) is 0 Å². The molecule has 0 bridgehead atoms. The van der Waals surface area contributed by atoms with E-state index in [1.165, 1.54) is 32.1 Å². The van der Waals surface area contributed by atoms with Crippen molar-refractivity contribution in [2.24, 2.45) is 0 Å². The van der Waals surface area contributed by atoms with Crippen LogP contribution in [0.1, 0.15) is 48.0 Å². The number of hydrogen-bond acceptors (Lipinski definition) is 1. The minimum absolute atomic E-state index is 0. The molecule has 0 radical (unpaired) electrons. The van der Waals surface area contributed by atoms with Gasteiger partial charge in [0.25, 0.3) is 0 Å². The standard InChI is InChI=1S/C14H18ClOP.Li.H/c1-10-6-5-9-12(15)13(10)14(16)17-11-7-3-2-4-8-11;;/h5-6,9,11,17H,2-4,7-8H2,1H3;;. The van der Waals surface area contributed by atoms with Crippen molar-refractivity contribution in [3.05, 3.63) is 34.3 Å². The van der Waals surface area contributed by atoms with Crippen molar-refractivity contribution in [3.63, 3.8) is 0 Å². The van der Waals surface area contributed by atoms with Crippen LogP contribution in [0.25, 0.3) is 0 Å². The second-order valence-corrected chi connectivity index (χ2v) is 6.71. The Bertz CT molecular complexity index is 396. The summed E-state index contributed by atoms with van der Waals surface area (Å²) in [4.78, 5) is 12.3. The normalized spacial score (nSPS) is 16.8. The van der Waals surface area contributed by atoms with Gasteiger partial charge >= 0.3 is 18.9 Å². The monoisotopic (exact) mass is 276 g/mol. The molecule has 4 heteroatoms. The molecule has 0 saturated heterocycles. The summed E-state index contributed by atoms with van der Waals surface area (Å²) in [5.41, 5.74) is 2.61. The molecule has 1 unspecified atom stereocenters. The average molecular weight is 277 g/mol. The Kier molecular flexibility index (Phi) is 6.97. The quantitative estimate of drug-likeness (QED) is 0.599. The predicted molar refractivity (Wildman–Crippen MR) is 82.9 cm³/mol. The Balaban J connectivity index is 0.00000162. The first-order valence-corrected chi connectivity index (χ1v) is 7.70. The van der Waals surface area contributed by atoms with E-state index >= 15 is 0 Å². The van der Waals surface area contributed by atoms with Crippen LogP contribution in [0.3, 0.4) is 0 Å². The van der Waals surface area contributed by atoms with Gasteiger partial charge in [0.2, 0.25) is 0 Å². The van der Waals surface area contributed by atoms with Crippen LogP contribution in [0, 0.1) is 6.92 Å². The molecule has 0 aromatic heterocycles. The average Bonchev–Trinajstić information content (AvgIpc) is 2.30. The van der Waals surface area contributed by atoms with Crippen molar-refractivity contribution >= 4 is 44.6 Å². The van der Waals surface area contributed by atoms with Crippen LogP contribution in [0.15, 0.2) is 18.2 Å². The Morgan fingerprint density at radius 1 is 1.28 bits per heavy atom. The summed E-state index contributed by atoms with van der Waals surface area (Å²) in [7, 11) is 0.402. The predicted octanol–water partition coefficient (Wildman–Crippen LogP) is 4.15. The van der Waals surface area contributed by atoms with Gasteiger partial charge in [0.1, 0.15) is 0 Å². The second kappa shape index (κ2) is 7.71. The Labute approximate surface area is 128 Å². The van der Waals surface area contributed by atoms with E-state index in [4.69, 9.17) is 11.6 Å². The number of benzene rings is 1. The zero-order chi connectivity index (χ0) is 12.3. The van der Waals surface area contributed by atoms with Crippen molar-refractivity contribution in [1.82, 2.24) is 0 Å². The van der Waals surface area contributed by atoms with Gasteiger partial charge in [-0.1, -0.05) is 43.0 Å². The number of halogens is 1. The van der Waals surface area contributed by atoms with E-state index in [1.807, 2.05) is 25.1 Å². The Morgan fingerprint density at radius 3 is 2.56 bits per heavy atom. The number of carbonyl (C=O) groups excluding carboxylic acids is 1. The molecule has 1 atom stereocenters.